The van der Waals surface area contributed by atoms with Gasteiger partial charge >= 0.3 is 5.97 Å². The van der Waals surface area contributed by atoms with Crippen molar-refractivity contribution in [1.29, 1.82) is 0 Å². The van der Waals surface area contributed by atoms with Gasteiger partial charge in [0.15, 0.2) is 0 Å². The average Bonchev–Trinajstić information content (AvgIpc) is 2.11. The Kier molecular flexibility index (Phi) is 1.63. The van der Waals surface area contributed by atoms with Crippen LogP contribution in [0.5, 0.6) is 5.75 Å². The fourth-order valence-corrected chi connectivity index (χ4v) is 1.42. The van der Waals surface area contributed by atoms with Crippen molar-refractivity contribution in [3.8, 4) is 5.75 Å². The van der Waals surface area contributed by atoms with Crippen LogP contribution >= 0.6 is 11.3 Å². The molecule has 0 fully saturated rings. The fourth-order valence-electron chi connectivity index (χ4n) is 0.703. The van der Waals surface area contributed by atoms with E-state index < -0.39 is 5.97 Å². The normalized spacial score (nSPS) is 9.70. The first-order valence-electron chi connectivity index (χ1n) is 2.63. The molecule has 0 aliphatic heterocycles. The van der Waals surface area contributed by atoms with Crippen molar-refractivity contribution in [3.63, 3.8) is 0 Å². The van der Waals surface area contributed by atoms with Gasteiger partial charge in [0.2, 0.25) is 0 Å². The summed E-state index contributed by atoms with van der Waals surface area (Å²) in [7, 11) is 0. The Morgan fingerprint density at radius 3 is 2.50 bits per heavy atom. The van der Waals surface area contributed by atoms with Gasteiger partial charge in [0.1, 0.15) is 11.3 Å². The van der Waals surface area contributed by atoms with E-state index in [9.17, 15) is 4.79 Å². The summed E-state index contributed by atoms with van der Waals surface area (Å²) in [6.45, 7) is 1.66. The van der Waals surface area contributed by atoms with Crippen LogP contribution in [0.2, 0.25) is 0 Å². The zero-order valence-electron chi connectivity index (χ0n) is 5.29. The zero-order chi connectivity index (χ0) is 7.72. The van der Waals surface area contributed by atoms with Gasteiger partial charge in [-0.25, -0.2) is 4.79 Å². The Morgan fingerprint density at radius 1 is 1.70 bits per heavy atom. The van der Waals surface area contributed by atoms with Gasteiger partial charge in [-0.15, -0.1) is 11.3 Å². The highest BCUT2D eigenvalue weighted by Gasteiger charge is 2.13. The molecule has 0 aromatic carbocycles. The minimum absolute atomic E-state index is 0.0185. The smallest absolute Gasteiger partial charge is 0.340 e. The molecule has 3 nitrogen and oxygen atoms in total. The summed E-state index contributed by atoms with van der Waals surface area (Å²) in [4.78, 5) is 11.0. The van der Waals surface area contributed by atoms with Crippen molar-refractivity contribution >= 4 is 17.3 Å². The predicted molar refractivity (Wildman–Crippen MR) is 37.7 cm³/mol. The van der Waals surface area contributed by atoms with Crippen molar-refractivity contribution in [2.45, 2.75) is 6.92 Å². The zero-order valence-corrected chi connectivity index (χ0v) is 6.10. The Balaban J connectivity index is 3.23. The highest BCUT2D eigenvalue weighted by atomic mass is 32.1. The van der Waals surface area contributed by atoms with Crippen LogP contribution in [0.4, 0.5) is 0 Å². The predicted octanol–water partition coefficient (Wildman–Crippen LogP) is 1.46. The Bertz CT molecular complexity index is 244. The van der Waals surface area contributed by atoms with Gasteiger partial charge in [0.25, 0.3) is 0 Å². The van der Waals surface area contributed by atoms with E-state index in [0.29, 0.717) is 4.88 Å². The van der Waals surface area contributed by atoms with Gasteiger partial charge < -0.3 is 10.2 Å². The maximum absolute atomic E-state index is 10.4. The van der Waals surface area contributed by atoms with Crippen LogP contribution < -0.4 is 0 Å². The summed E-state index contributed by atoms with van der Waals surface area (Å²) in [5, 5.41) is 18.8. The van der Waals surface area contributed by atoms with Crippen LogP contribution in [0.1, 0.15) is 15.2 Å². The lowest BCUT2D eigenvalue weighted by atomic mass is 10.2. The van der Waals surface area contributed by atoms with Crippen molar-refractivity contribution in [2.24, 2.45) is 0 Å². The molecule has 0 atom stereocenters. The third kappa shape index (κ3) is 0.974. The SMILES string of the molecule is Cc1scc(O)c1C(=O)O. The fraction of sp³-hybridized carbons (Fsp3) is 0.167. The summed E-state index contributed by atoms with van der Waals surface area (Å²) in [6.07, 6.45) is 0. The number of carbonyl (C=O) groups is 1. The maximum atomic E-state index is 10.4. The molecular formula is C6H6O3S. The van der Waals surface area contributed by atoms with Crippen molar-refractivity contribution < 1.29 is 15.0 Å². The molecule has 1 rings (SSSR count). The second-order valence-corrected chi connectivity index (χ2v) is 2.94. The summed E-state index contributed by atoms with van der Waals surface area (Å²) in [5.41, 5.74) is 0.0185. The molecule has 0 unspecified atom stereocenters. The van der Waals surface area contributed by atoms with Crippen LogP contribution in [0.3, 0.4) is 0 Å². The van der Waals surface area contributed by atoms with E-state index in [1.807, 2.05) is 0 Å². The molecule has 1 aromatic heterocycles. The molecular weight excluding hydrogens is 152 g/mol. The maximum Gasteiger partial charge on any atom is 0.340 e. The molecule has 0 bridgehead atoms. The molecule has 10 heavy (non-hydrogen) atoms. The van der Waals surface area contributed by atoms with Gasteiger partial charge in [-0.2, -0.15) is 0 Å². The highest BCUT2D eigenvalue weighted by Crippen LogP contribution is 2.26. The molecule has 0 aliphatic rings. The van der Waals surface area contributed by atoms with Crippen LogP contribution in [-0.2, 0) is 0 Å². The second kappa shape index (κ2) is 2.30. The number of aromatic carboxylic acids is 1. The van der Waals surface area contributed by atoms with E-state index in [2.05, 4.69) is 0 Å². The van der Waals surface area contributed by atoms with Gasteiger partial charge in [-0.05, 0) is 6.92 Å². The quantitative estimate of drug-likeness (QED) is 0.650. The summed E-state index contributed by atoms with van der Waals surface area (Å²) in [5.74, 6) is -1.22. The van der Waals surface area contributed by atoms with E-state index in [4.69, 9.17) is 10.2 Å². The summed E-state index contributed by atoms with van der Waals surface area (Å²) in [6, 6.07) is 0. The average molecular weight is 158 g/mol. The van der Waals surface area contributed by atoms with E-state index >= 15 is 0 Å². The Hall–Kier alpha value is -1.03. The molecule has 0 saturated heterocycles. The van der Waals surface area contributed by atoms with Crippen molar-refractivity contribution in [2.75, 3.05) is 0 Å². The molecule has 0 amide bonds. The molecule has 0 saturated carbocycles. The largest absolute Gasteiger partial charge is 0.506 e. The highest BCUT2D eigenvalue weighted by molar-refractivity contribution is 7.10. The van der Waals surface area contributed by atoms with Crippen molar-refractivity contribution in [1.82, 2.24) is 0 Å². The number of aryl methyl sites for hydroxylation is 1. The van der Waals surface area contributed by atoms with E-state index in [1.54, 1.807) is 6.92 Å². The monoisotopic (exact) mass is 158 g/mol. The lowest BCUT2D eigenvalue weighted by molar-refractivity contribution is 0.0694. The molecule has 0 spiro atoms. The molecule has 0 aliphatic carbocycles. The number of thiophene rings is 1. The second-order valence-electron chi connectivity index (χ2n) is 1.86. The molecule has 54 valence electrons. The number of carboxylic acids is 1. The number of hydrogen-bond acceptors (Lipinski definition) is 3. The summed E-state index contributed by atoms with van der Waals surface area (Å²) < 4.78 is 0. The van der Waals surface area contributed by atoms with Crippen LogP contribution in [0.25, 0.3) is 0 Å². The minimum Gasteiger partial charge on any atom is -0.506 e. The van der Waals surface area contributed by atoms with Crippen LogP contribution in [0, 0.1) is 6.92 Å². The molecule has 1 heterocycles. The lowest BCUT2D eigenvalue weighted by Crippen LogP contribution is -1.95. The van der Waals surface area contributed by atoms with Gasteiger partial charge in [-0.3, -0.25) is 0 Å². The molecule has 1 aromatic rings. The number of aromatic hydroxyl groups is 1. The molecule has 2 N–H and O–H groups in total. The lowest BCUT2D eigenvalue weighted by Gasteiger charge is -1.90. The van der Waals surface area contributed by atoms with E-state index in [-0.39, 0.29) is 11.3 Å². The van der Waals surface area contributed by atoms with Gasteiger partial charge in [-0.1, -0.05) is 0 Å². The minimum atomic E-state index is -1.07. The van der Waals surface area contributed by atoms with Gasteiger partial charge in [0, 0.05) is 10.3 Å². The number of hydrogen-bond donors (Lipinski definition) is 2. The van der Waals surface area contributed by atoms with Crippen molar-refractivity contribution in [3.05, 3.63) is 15.8 Å². The Morgan fingerprint density at radius 2 is 2.30 bits per heavy atom. The van der Waals surface area contributed by atoms with Gasteiger partial charge in [0.05, 0.1) is 0 Å². The summed E-state index contributed by atoms with van der Waals surface area (Å²) >= 11 is 1.23. The third-order valence-corrected chi connectivity index (χ3v) is 2.07. The Labute approximate surface area is 61.6 Å². The molecule has 4 heteroatoms. The first-order valence-corrected chi connectivity index (χ1v) is 3.51. The number of rotatable bonds is 1. The van der Waals surface area contributed by atoms with E-state index in [1.165, 1.54) is 16.7 Å². The van der Waals surface area contributed by atoms with Crippen LogP contribution in [-0.4, -0.2) is 16.2 Å². The van der Waals surface area contributed by atoms with Crippen LogP contribution in [0.15, 0.2) is 5.38 Å². The van der Waals surface area contributed by atoms with E-state index in [0.717, 1.165) is 0 Å². The first kappa shape index (κ1) is 7.08. The third-order valence-electron chi connectivity index (χ3n) is 1.17. The topological polar surface area (TPSA) is 57.5 Å². The standard InChI is InChI=1S/C6H6O3S/c1-3-5(6(8)9)4(7)2-10-3/h2,7H,1H3,(H,8,9). The molecule has 0 radical (unpaired) electrons. The first-order chi connectivity index (χ1) is 4.63. The number of carboxylic acid groups (broad SMARTS) is 1.